The van der Waals surface area contributed by atoms with E-state index in [2.05, 4.69) is 16.8 Å². The molecule has 7 heteroatoms. The van der Waals surface area contributed by atoms with Gasteiger partial charge in [-0.1, -0.05) is 24.6 Å². The molecule has 1 unspecified atom stereocenters. The van der Waals surface area contributed by atoms with Crippen molar-refractivity contribution in [1.29, 1.82) is 0 Å². The molecule has 1 aliphatic rings. The molecule has 5 nitrogen and oxygen atoms in total. The maximum Gasteiger partial charge on any atom is 0.204 e. The molecular formula is C21H24ClN5S. The molecule has 1 aliphatic heterocycles. The lowest BCUT2D eigenvalue weighted by Gasteiger charge is -2.30. The number of likely N-dealkylation sites (tertiary alicyclic amines) is 1. The molecule has 0 radical (unpaired) electrons. The second-order valence-corrected chi connectivity index (χ2v) is 8.30. The molecule has 0 saturated carbocycles. The van der Waals surface area contributed by atoms with Gasteiger partial charge in [0.15, 0.2) is 5.82 Å². The van der Waals surface area contributed by atoms with Crippen molar-refractivity contribution in [3.63, 3.8) is 0 Å². The van der Waals surface area contributed by atoms with Gasteiger partial charge in [-0.3, -0.25) is 14.5 Å². The molecule has 1 aromatic carbocycles. The van der Waals surface area contributed by atoms with E-state index in [1.54, 1.807) is 12.4 Å². The summed E-state index contributed by atoms with van der Waals surface area (Å²) in [7, 11) is 0. The van der Waals surface area contributed by atoms with E-state index in [0.717, 1.165) is 40.8 Å². The summed E-state index contributed by atoms with van der Waals surface area (Å²) < 4.78 is 4.64. The van der Waals surface area contributed by atoms with Gasteiger partial charge in [-0.15, -0.1) is 5.10 Å². The van der Waals surface area contributed by atoms with Crippen molar-refractivity contribution < 1.29 is 0 Å². The number of halogens is 1. The van der Waals surface area contributed by atoms with Crippen molar-refractivity contribution in [2.24, 2.45) is 5.92 Å². The molecule has 0 bridgehead atoms. The number of benzene rings is 1. The van der Waals surface area contributed by atoms with E-state index in [-0.39, 0.29) is 0 Å². The number of rotatable bonds is 4. The Balaban J connectivity index is 1.83. The van der Waals surface area contributed by atoms with Crippen molar-refractivity contribution in [2.45, 2.75) is 33.4 Å². The lowest BCUT2D eigenvalue weighted by molar-refractivity contribution is 0.138. The number of pyridine rings is 1. The van der Waals surface area contributed by atoms with E-state index in [1.807, 2.05) is 46.5 Å². The quantitative estimate of drug-likeness (QED) is 0.556. The van der Waals surface area contributed by atoms with Gasteiger partial charge in [-0.25, -0.2) is 4.68 Å². The van der Waals surface area contributed by atoms with Crippen LogP contribution in [0.15, 0.2) is 42.7 Å². The molecule has 0 aliphatic carbocycles. The van der Waals surface area contributed by atoms with E-state index in [0.29, 0.717) is 17.4 Å². The largest absolute Gasteiger partial charge is 0.284 e. The van der Waals surface area contributed by atoms with E-state index in [1.165, 1.54) is 12.8 Å². The molecule has 3 heterocycles. The normalized spacial score (nSPS) is 17.8. The van der Waals surface area contributed by atoms with Gasteiger partial charge in [-0.2, -0.15) is 0 Å². The first-order valence-electron chi connectivity index (χ1n) is 9.62. The highest BCUT2D eigenvalue weighted by Gasteiger charge is 2.21. The summed E-state index contributed by atoms with van der Waals surface area (Å²) in [5.74, 6) is 1.52. The summed E-state index contributed by atoms with van der Waals surface area (Å²) in [5, 5.41) is 5.63. The maximum atomic E-state index is 6.40. The van der Waals surface area contributed by atoms with E-state index < -0.39 is 0 Å². The fourth-order valence-electron chi connectivity index (χ4n) is 3.85. The van der Waals surface area contributed by atoms with Crippen molar-refractivity contribution >= 4 is 23.8 Å². The summed E-state index contributed by atoms with van der Waals surface area (Å²) in [6.07, 6.45) is 6.07. The highest BCUT2D eigenvalue weighted by molar-refractivity contribution is 7.71. The van der Waals surface area contributed by atoms with Crippen LogP contribution in [-0.4, -0.2) is 37.3 Å². The van der Waals surface area contributed by atoms with Gasteiger partial charge in [-0.05, 0) is 74.3 Å². The van der Waals surface area contributed by atoms with Crippen LogP contribution in [0.5, 0.6) is 0 Å². The van der Waals surface area contributed by atoms with E-state index in [9.17, 15) is 0 Å². The summed E-state index contributed by atoms with van der Waals surface area (Å²) in [6.45, 7) is 7.18. The molecular weight excluding hydrogens is 390 g/mol. The number of aromatic nitrogens is 4. The molecule has 1 fully saturated rings. The van der Waals surface area contributed by atoms with E-state index in [4.69, 9.17) is 28.9 Å². The van der Waals surface area contributed by atoms with Crippen LogP contribution in [0, 0.1) is 17.6 Å². The van der Waals surface area contributed by atoms with Crippen LogP contribution in [0.25, 0.3) is 17.1 Å². The monoisotopic (exact) mass is 413 g/mol. The average molecular weight is 414 g/mol. The highest BCUT2D eigenvalue weighted by atomic mass is 35.5. The summed E-state index contributed by atoms with van der Waals surface area (Å²) in [6, 6.07) is 9.81. The lowest BCUT2D eigenvalue weighted by Crippen LogP contribution is -2.36. The summed E-state index contributed by atoms with van der Waals surface area (Å²) in [5.41, 5.74) is 2.93. The zero-order valence-electron chi connectivity index (χ0n) is 16.2. The molecule has 1 atom stereocenters. The molecule has 28 heavy (non-hydrogen) atoms. The third-order valence-electron chi connectivity index (χ3n) is 5.33. The standard InChI is InChI=1S/C21H24ClN5S/c1-15-5-4-12-25(13-15)14-26-21(28)27(19-7-3-6-18(22)16(19)2)20(24-26)17-8-10-23-11-9-17/h3,6-11,15H,4-5,12-14H2,1-2H3. The van der Waals surface area contributed by atoms with Crippen LogP contribution in [0.2, 0.25) is 5.02 Å². The molecule has 4 rings (SSSR count). The van der Waals surface area contributed by atoms with Crippen LogP contribution >= 0.6 is 23.8 Å². The first-order chi connectivity index (χ1) is 13.5. The average Bonchev–Trinajstić information content (AvgIpc) is 3.01. The molecule has 0 N–H and O–H groups in total. The van der Waals surface area contributed by atoms with Crippen molar-refractivity contribution in [3.05, 3.63) is 58.1 Å². The van der Waals surface area contributed by atoms with Crippen LogP contribution in [-0.2, 0) is 6.67 Å². The Kier molecular flexibility index (Phi) is 5.62. The second kappa shape index (κ2) is 8.15. The second-order valence-electron chi connectivity index (χ2n) is 7.53. The predicted octanol–water partition coefficient (Wildman–Crippen LogP) is 5.12. The smallest absolute Gasteiger partial charge is 0.204 e. The van der Waals surface area contributed by atoms with Crippen molar-refractivity contribution in [3.8, 4) is 17.1 Å². The zero-order chi connectivity index (χ0) is 19.7. The Bertz CT molecular complexity index is 1030. The molecule has 146 valence electrons. The van der Waals surface area contributed by atoms with Gasteiger partial charge in [0.2, 0.25) is 4.77 Å². The van der Waals surface area contributed by atoms with Crippen LogP contribution in [0.1, 0.15) is 25.3 Å². The third kappa shape index (κ3) is 3.77. The summed E-state index contributed by atoms with van der Waals surface area (Å²) >= 11 is 12.3. The minimum absolute atomic E-state index is 0.676. The Morgan fingerprint density at radius 1 is 1.21 bits per heavy atom. The topological polar surface area (TPSA) is 38.9 Å². The Hall–Kier alpha value is -2.02. The third-order valence-corrected chi connectivity index (χ3v) is 6.14. The number of hydrogen-bond acceptors (Lipinski definition) is 4. The van der Waals surface area contributed by atoms with Gasteiger partial charge in [0.25, 0.3) is 0 Å². The molecule has 0 amide bonds. The van der Waals surface area contributed by atoms with Crippen molar-refractivity contribution in [2.75, 3.05) is 13.1 Å². The lowest BCUT2D eigenvalue weighted by atomic mass is 10.0. The molecule has 2 aromatic heterocycles. The van der Waals surface area contributed by atoms with Gasteiger partial charge >= 0.3 is 0 Å². The molecule has 3 aromatic rings. The van der Waals surface area contributed by atoms with E-state index >= 15 is 0 Å². The molecule has 0 spiro atoms. The Morgan fingerprint density at radius 2 is 2.00 bits per heavy atom. The summed E-state index contributed by atoms with van der Waals surface area (Å²) in [4.78, 5) is 6.57. The van der Waals surface area contributed by atoms with Gasteiger partial charge in [0, 0.05) is 29.5 Å². The van der Waals surface area contributed by atoms with Gasteiger partial charge < -0.3 is 0 Å². The van der Waals surface area contributed by atoms with Crippen LogP contribution in [0.3, 0.4) is 0 Å². The molecule has 1 saturated heterocycles. The predicted molar refractivity (Wildman–Crippen MR) is 115 cm³/mol. The minimum atomic E-state index is 0.676. The Labute approximate surface area is 175 Å². The first kappa shape index (κ1) is 19.3. The van der Waals surface area contributed by atoms with Crippen molar-refractivity contribution in [1.82, 2.24) is 24.2 Å². The maximum absolute atomic E-state index is 6.40. The highest BCUT2D eigenvalue weighted by Crippen LogP contribution is 2.28. The minimum Gasteiger partial charge on any atom is -0.284 e. The number of hydrogen-bond donors (Lipinski definition) is 0. The SMILES string of the molecule is Cc1c(Cl)cccc1-n1c(-c2ccncc2)nn(CN2CCCC(C)C2)c1=S. The number of nitrogens with zero attached hydrogens (tertiary/aromatic N) is 5. The van der Waals surface area contributed by atoms with Crippen LogP contribution in [0.4, 0.5) is 0 Å². The number of piperidine rings is 1. The van der Waals surface area contributed by atoms with Gasteiger partial charge in [0.05, 0.1) is 12.4 Å². The fourth-order valence-corrected chi connectivity index (χ4v) is 4.30. The zero-order valence-corrected chi connectivity index (χ0v) is 17.7. The first-order valence-corrected chi connectivity index (χ1v) is 10.4. The van der Waals surface area contributed by atoms with Crippen LogP contribution < -0.4 is 0 Å². The van der Waals surface area contributed by atoms with Gasteiger partial charge in [0.1, 0.15) is 0 Å². The fraction of sp³-hybridized carbons (Fsp3) is 0.381. The Morgan fingerprint density at radius 3 is 2.75 bits per heavy atom.